The number of hydrogen-bond donors (Lipinski definition) is 2. The molecule has 2 N–H and O–H groups in total. The molecule has 0 unspecified atom stereocenters. The summed E-state index contributed by atoms with van der Waals surface area (Å²) in [7, 11) is 1.36. The Hall–Kier alpha value is -3.33. The zero-order valence-corrected chi connectivity index (χ0v) is 17.5. The molecule has 6 nitrogen and oxygen atoms in total. The molecule has 1 heterocycles. The van der Waals surface area contributed by atoms with Crippen molar-refractivity contribution in [1.29, 1.82) is 0 Å². The second-order valence-corrected chi connectivity index (χ2v) is 7.32. The van der Waals surface area contributed by atoms with Crippen molar-refractivity contribution < 1.29 is 23.0 Å². The number of halogens is 2. The summed E-state index contributed by atoms with van der Waals surface area (Å²) in [5.41, 5.74) is 2.28. The maximum atomic E-state index is 12.5. The largest absolute Gasteiger partial charge is 0.493 e. The van der Waals surface area contributed by atoms with Crippen LogP contribution >= 0.6 is 11.8 Å². The summed E-state index contributed by atoms with van der Waals surface area (Å²) >= 11 is 1.60. The van der Waals surface area contributed by atoms with E-state index in [0.29, 0.717) is 17.0 Å². The van der Waals surface area contributed by atoms with Crippen LogP contribution in [0.3, 0.4) is 0 Å². The standard InChI is InChI=1S/C22H21F2N3O3S/c1-29-18-9-8-15(12-19(18)30-21(23)24)13-26-22(28)27-17-6-4-5-16(11-17)14-31-20-7-2-3-10-25-20/h2-12,21H,13-14H2,1H3,(H2,26,27,28). The molecule has 0 atom stereocenters. The molecule has 2 aromatic carbocycles. The number of rotatable bonds is 9. The van der Waals surface area contributed by atoms with E-state index in [1.165, 1.54) is 19.2 Å². The van der Waals surface area contributed by atoms with Crippen LogP contribution in [0, 0.1) is 0 Å². The van der Waals surface area contributed by atoms with Crippen molar-refractivity contribution in [2.24, 2.45) is 0 Å². The minimum Gasteiger partial charge on any atom is -0.493 e. The fourth-order valence-corrected chi connectivity index (χ4v) is 3.51. The van der Waals surface area contributed by atoms with Crippen LogP contribution in [0.4, 0.5) is 19.3 Å². The molecular formula is C22H21F2N3O3S. The number of nitrogens with zero attached hydrogens (tertiary/aromatic N) is 1. The van der Waals surface area contributed by atoms with Gasteiger partial charge in [0, 0.05) is 24.2 Å². The number of amides is 2. The summed E-state index contributed by atoms with van der Waals surface area (Å²) in [4.78, 5) is 16.5. The number of methoxy groups -OCH3 is 1. The highest BCUT2D eigenvalue weighted by Crippen LogP contribution is 2.29. The molecule has 3 rings (SSSR count). The number of nitrogens with one attached hydrogen (secondary N) is 2. The maximum absolute atomic E-state index is 12.5. The molecule has 0 aliphatic heterocycles. The Bertz CT molecular complexity index is 1010. The van der Waals surface area contributed by atoms with E-state index in [-0.39, 0.29) is 18.0 Å². The molecule has 2 amide bonds. The van der Waals surface area contributed by atoms with Crippen LogP contribution in [0.2, 0.25) is 0 Å². The zero-order chi connectivity index (χ0) is 22.1. The van der Waals surface area contributed by atoms with Gasteiger partial charge in [-0.1, -0.05) is 24.3 Å². The van der Waals surface area contributed by atoms with Gasteiger partial charge >= 0.3 is 12.6 Å². The van der Waals surface area contributed by atoms with Crippen molar-refractivity contribution in [1.82, 2.24) is 10.3 Å². The summed E-state index contributed by atoms with van der Waals surface area (Å²) in [5, 5.41) is 6.39. The van der Waals surface area contributed by atoms with Crippen molar-refractivity contribution >= 4 is 23.5 Å². The summed E-state index contributed by atoms with van der Waals surface area (Å²) in [5.74, 6) is 0.816. The quantitative estimate of drug-likeness (QED) is 0.437. The van der Waals surface area contributed by atoms with Gasteiger partial charge in [0.15, 0.2) is 11.5 Å². The SMILES string of the molecule is COc1ccc(CNC(=O)Nc2cccc(CSc3ccccn3)c2)cc1OC(F)F. The molecule has 0 fully saturated rings. The van der Waals surface area contributed by atoms with Gasteiger partial charge in [0.05, 0.1) is 12.1 Å². The number of aromatic nitrogens is 1. The molecule has 0 aliphatic rings. The van der Waals surface area contributed by atoms with Crippen LogP contribution in [-0.4, -0.2) is 24.7 Å². The normalized spacial score (nSPS) is 10.6. The number of benzene rings is 2. The van der Waals surface area contributed by atoms with Crippen LogP contribution in [-0.2, 0) is 12.3 Å². The molecule has 9 heteroatoms. The van der Waals surface area contributed by atoms with Crippen molar-refractivity contribution in [3.8, 4) is 11.5 Å². The lowest BCUT2D eigenvalue weighted by molar-refractivity contribution is -0.0512. The van der Waals surface area contributed by atoms with E-state index in [1.807, 2.05) is 36.4 Å². The lowest BCUT2D eigenvalue weighted by Gasteiger charge is -2.12. The number of carbonyl (C=O) groups is 1. The highest BCUT2D eigenvalue weighted by atomic mass is 32.2. The molecule has 0 radical (unpaired) electrons. The summed E-state index contributed by atoms with van der Waals surface area (Å²) in [6.07, 6.45) is 1.75. The monoisotopic (exact) mass is 445 g/mol. The first-order valence-electron chi connectivity index (χ1n) is 9.33. The van der Waals surface area contributed by atoms with E-state index >= 15 is 0 Å². The molecule has 162 valence electrons. The zero-order valence-electron chi connectivity index (χ0n) is 16.7. The van der Waals surface area contributed by atoms with Gasteiger partial charge in [-0.15, -0.1) is 11.8 Å². The summed E-state index contributed by atoms with van der Waals surface area (Å²) in [6.45, 7) is -2.84. The number of alkyl halides is 2. The van der Waals surface area contributed by atoms with Crippen molar-refractivity contribution in [2.45, 2.75) is 23.9 Å². The highest BCUT2D eigenvalue weighted by molar-refractivity contribution is 7.98. The molecule has 3 aromatic rings. The molecule has 1 aromatic heterocycles. The number of thioether (sulfide) groups is 1. The first-order chi connectivity index (χ1) is 15.0. The topological polar surface area (TPSA) is 72.5 Å². The molecule has 0 aliphatic carbocycles. The van der Waals surface area contributed by atoms with Crippen LogP contribution < -0.4 is 20.1 Å². The second kappa shape index (κ2) is 11.2. The third-order valence-electron chi connectivity index (χ3n) is 4.11. The van der Waals surface area contributed by atoms with Gasteiger partial charge in [-0.3, -0.25) is 0 Å². The molecule has 0 saturated heterocycles. The Morgan fingerprint density at radius 1 is 1.06 bits per heavy atom. The molecule has 0 saturated carbocycles. The van der Waals surface area contributed by atoms with Crippen molar-refractivity contribution in [2.75, 3.05) is 12.4 Å². The van der Waals surface area contributed by atoms with Gasteiger partial charge in [-0.05, 0) is 47.5 Å². The minimum absolute atomic E-state index is 0.0877. The van der Waals surface area contributed by atoms with Crippen LogP contribution in [0.15, 0.2) is 71.9 Å². The second-order valence-electron chi connectivity index (χ2n) is 6.33. The van der Waals surface area contributed by atoms with E-state index in [1.54, 1.807) is 30.1 Å². The van der Waals surface area contributed by atoms with Gasteiger partial charge in [-0.2, -0.15) is 8.78 Å². The average Bonchev–Trinajstić information content (AvgIpc) is 2.77. The van der Waals surface area contributed by atoms with Crippen molar-refractivity contribution in [3.05, 3.63) is 78.0 Å². The van der Waals surface area contributed by atoms with Crippen LogP contribution in [0.25, 0.3) is 0 Å². The molecule has 31 heavy (non-hydrogen) atoms. The summed E-state index contributed by atoms with van der Waals surface area (Å²) in [6, 6.07) is 17.4. The Labute approximate surface area is 183 Å². The Kier molecular flexibility index (Phi) is 8.05. The fourth-order valence-electron chi connectivity index (χ4n) is 2.71. The third kappa shape index (κ3) is 7.14. The number of ether oxygens (including phenoxy) is 2. The number of hydrogen-bond acceptors (Lipinski definition) is 5. The number of urea groups is 1. The smallest absolute Gasteiger partial charge is 0.387 e. The van der Waals surface area contributed by atoms with E-state index in [9.17, 15) is 13.6 Å². The van der Waals surface area contributed by atoms with E-state index in [2.05, 4.69) is 20.4 Å². The minimum atomic E-state index is -2.97. The van der Waals surface area contributed by atoms with Crippen LogP contribution in [0.1, 0.15) is 11.1 Å². The lowest BCUT2D eigenvalue weighted by atomic mass is 10.2. The first-order valence-corrected chi connectivity index (χ1v) is 10.3. The van der Waals surface area contributed by atoms with Gasteiger partial charge in [0.2, 0.25) is 0 Å². The van der Waals surface area contributed by atoms with Crippen LogP contribution in [0.5, 0.6) is 11.5 Å². The van der Waals surface area contributed by atoms with Gasteiger partial charge in [-0.25, -0.2) is 9.78 Å². The van der Waals surface area contributed by atoms with Crippen molar-refractivity contribution in [3.63, 3.8) is 0 Å². The Balaban J connectivity index is 1.54. The van der Waals surface area contributed by atoms with E-state index in [4.69, 9.17) is 4.74 Å². The predicted molar refractivity (Wildman–Crippen MR) is 116 cm³/mol. The Morgan fingerprint density at radius 2 is 1.94 bits per heavy atom. The van der Waals surface area contributed by atoms with E-state index in [0.717, 1.165) is 10.6 Å². The number of anilines is 1. The molecule has 0 spiro atoms. The third-order valence-corrected chi connectivity index (χ3v) is 5.12. The Morgan fingerprint density at radius 3 is 2.68 bits per heavy atom. The lowest BCUT2D eigenvalue weighted by Crippen LogP contribution is -2.28. The molecule has 0 bridgehead atoms. The average molecular weight is 445 g/mol. The molecular weight excluding hydrogens is 424 g/mol. The maximum Gasteiger partial charge on any atom is 0.387 e. The van der Waals surface area contributed by atoms with E-state index < -0.39 is 12.6 Å². The fraction of sp³-hybridized carbons (Fsp3) is 0.182. The summed E-state index contributed by atoms with van der Waals surface area (Å²) < 4.78 is 34.5. The van der Waals surface area contributed by atoms with Gasteiger partial charge in [0.1, 0.15) is 0 Å². The first kappa shape index (κ1) is 22.4. The van der Waals surface area contributed by atoms with Gasteiger partial charge < -0.3 is 20.1 Å². The predicted octanol–water partition coefficient (Wildman–Crippen LogP) is 5.31. The highest BCUT2D eigenvalue weighted by Gasteiger charge is 2.12. The number of carbonyl (C=O) groups excluding carboxylic acids is 1. The number of pyridine rings is 1. The van der Waals surface area contributed by atoms with Gasteiger partial charge in [0.25, 0.3) is 0 Å².